The first kappa shape index (κ1) is 9.48. The molecule has 1 heterocycles. The SMILES string of the molecule is CCCc1c(Cl)[nH]c(=S)[nH]c1=O. The van der Waals surface area contributed by atoms with Crippen molar-refractivity contribution in [1.82, 2.24) is 9.97 Å². The van der Waals surface area contributed by atoms with Crippen LogP contribution in [0, 0.1) is 4.77 Å². The van der Waals surface area contributed by atoms with Crippen LogP contribution in [0.3, 0.4) is 0 Å². The maximum absolute atomic E-state index is 11.2. The van der Waals surface area contributed by atoms with Gasteiger partial charge in [-0.2, -0.15) is 0 Å². The fraction of sp³-hybridized carbons (Fsp3) is 0.429. The molecule has 2 N–H and O–H groups in total. The average Bonchev–Trinajstić information content (AvgIpc) is 1.96. The van der Waals surface area contributed by atoms with Crippen LogP contribution in [0.4, 0.5) is 0 Å². The molecule has 1 aromatic heterocycles. The van der Waals surface area contributed by atoms with Gasteiger partial charge in [0, 0.05) is 0 Å². The van der Waals surface area contributed by atoms with Crippen LogP contribution in [0.2, 0.25) is 5.15 Å². The molecule has 0 radical (unpaired) electrons. The van der Waals surface area contributed by atoms with E-state index in [1.54, 1.807) is 0 Å². The minimum atomic E-state index is -0.189. The van der Waals surface area contributed by atoms with Gasteiger partial charge < -0.3 is 4.98 Å². The van der Waals surface area contributed by atoms with Gasteiger partial charge in [-0.15, -0.1) is 0 Å². The first-order valence-corrected chi connectivity index (χ1v) is 4.44. The molecule has 0 spiro atoms. The molecule has 0 aliphatic carbocycles. The average molecular weight is 205 g/mol. The largest absolute Gasteiger partial charge is 0.323 e. The predicted molar refractivity (Wildman–Crippen MR) is 51.3 cm³/mol. The first-order chi connectivity index (χ1) is 5.65. The molecule has 1 rings (SSSR count). The highest BCUT2D eigenvalue weighted by Crippen LogP contribution is 2.08. The van der Waals surface area contributed by atoms with Crippen LogP contribution in [-0.4, -0.2) is 9.97 Å². The Hall–Kier alpha value is -0.610. The van der Waals surface area contributed by atoms with Gasteiger partial charge in [0.05, 0.1) is 5.56 Å². The molecule has 0 aromatic carbocycles. The highest BCUT2D eigenvalue weighted by Gasteiger charge is 2.03. The highest BCUT2D eigenvalue weighted by molar-refractivity contribution is 7.71. The maximum atomic E-state index is 11.2. The van der Waals surface area contributed by atoms with E-state index in [1.165, 1.54) is 0 Å². The van der Waals surface area contributed by atoms with Crippen LogP contribution in [-0.2, 0) is 6.42 Å². The molecule has 0 amide bonds. The molecule has 3 nitrogen and oxygen atoms in total. The quantitative estimate of drug-likeness (QED) is 0.572. The second kappa shape index (κ2) is 3.87. The summed E-state index contributed by atoms with van der Waals surface area (Å²) in [5.74, 6) is 0. The number of aromatic amines is 2. The molecule has 66 valence electrons. The summed E-state index contributed by atoms with van der Waals surface area (Å²) >= 11 is 10.5. The second-order valence-electron chi connectivity index (χ2n) is 2.45. The summed E-state index contributed by atoms with van der Waals surface area (Å²) in [6.45, 7) is 1.98. The lowest BCUT2D eigenvalue weighted by molar-refractivity contribution is 0.881. The normalized spacial score (nSPS) is 10.2. The van der Waals surface area contributed by atoms with E-state index in [9.17, 15) is 4.79 Å². The fourth-order valence-corrected chi connectivity index (χ4v) is 1.48. The summed E-state index contributed by atoms with van der Waals surface area (Å²) in [4.78, 5) is 16.4. The molecule has 0 atom stereocenters. The Balaban J connectivity index is 3.29. The Morgan fingerprint density at radius 3 is 2.67 bits per heavy atom. The van der Waals surface area contributed by atoms with Gasteiger partial charge in [0.25, 0.3) is 5.56 Å². The third kappa shape index (κ3) is 1.95. The van der Waals surface area contributed by atoms with Crippen molar-refractivity contribution in [2.75, 3.05) is 0 Å². The van der Waals surface area contributed by atoms with Crippen molar-refractivity contribution in [3.05, 3.63) is 25.8 Å². The lowest BCUT2D eigenvalue weighted by Gasteiger charge is -1.99. The summed E-state index contributed by atoms with van der Waals surface area (Å²) < 4.78 is 0.268. The van der Waals surface area contributed by atoms with Crippen LogP contribution in [0.1, 0.15) is 18.9 Å². The third-order valence-electron chi connectivity index (χ3n) is 1.49. The van der Waals surface area contributed by atoms with E-state index in [0.29, 0.717) is 17.1 Å². The van der Waals surface area contributed by atoms with E-state index in [4.69, 9.17) is 23.8 Å². The lowest BCUT2D eigenvalue weighted by atomic mass is 10.2. The van der Waals surface area contributed by atoms with Crippen molar-refractivity contribution < 1.29 is 0 Å². The van der Waals surface area contributed by atoms with Gasteiger partial charge in [-0.25, -0.2) is 0 Å². The molecule has 5 heteroatoms. The molecule has 0 saturated heterocycles. The summed E-state index contributed by atoms with van der Waals surface area (Å²) in [6.07, 6.45) is 1.55. The second-order valence-corrected chi connectivity index (χ2v) is 3.24. The van der Waals surface area contributed by atoms with Gasteiger partial charge in [0.15, 0.2) is 4.77 Å². The van der Waals surface area contributed by atoms with Crippen molar-refractivity contribution in [1.29, 1.82) is 0 Å². The number of halogens is 1. The summed E-state index contributed by atoms with van der Waals surface area (Å²) in [5.41, 5.74) is 0.387. The van der Waals surface area contributed by atoms with Gasteiger partial charge in [0.1, 0.15) is 5.15 Å². The van der Waals surface area contributed by atoms with Gasteiger partial charge in [-0.1, -0.05) is 24.9 Å². The van der Waals surface area contributed by atoms with E-state index in [1.807, 2.05) is 6.92 Å². The van der Waals surface area contributed by atoms with Gasteiger partial charge in [-0.05, 0) is 18.6 Å². The van der Waals surface area contributed by atoms with Crippen molar-refractivity contribution in [2.45, 2.75) is 19.8 Å². The Labute approximate surface area is 79.8 Å². The fourth-order valence-electron chi connectivity index (χ4n) is 0.958. The number of hydrogen-bond acceptors (Lipinski definition) is 2. The van der Waals surface area contributed by atoms with Crippen molar-refractivity contribution >= 4 is 23.8 Å². The van der Waals surface area contributed by atoms with E-state index in [2.05, 4.69) is 9.97 Å². The lowest BCUT2D eigenvalue weighted by Crippen LogP contribution is -2.14. The molecule has 0 saturated carbocycles. The van der Waals surface area contributed by atoms with E-state index < -0.39 is 0 Å². The molecule has 0 unspecified atom stereocenters. The number of hydrogen-bond donors (Lipinski definition) is 2. The number of nitrogens with one attached hydrogen (secondary N) is 2. The minimum absolute atomic E-state index is 0.189. The molecule has 0 aliphatic rings. The Bertz CT molecular complexity index is 382. The number of rotatable bonds is 2. The van der Waals surface area contributed by atoms with Crippen LogP contribution < -0.4 is 5.56 Å². The summed E-state index contributed by atoms with van der Waals surface area (Å²) in [6, 6.07) is 0. The minimum Gasteiger partial charge on any atom is -0.323 e. The molecule has 0 bridgehead atoms. The van der Waals surface area contributed by atoms with Crippen LogP contribution in [0.15, 0.2) is 4.79 Å². The zero-order chi connectivity index (χ0) is 9.14. The van der Waals surface area contributed by atoms with Gasteiger partial charge in [0.2, 0.25) is 0 Å². The molecule has 1 aromatic rings. The van der Waals surface area contributed by atoms with Crippen molar-refractivity contribution in [3.63, 3.8) is 0 Å². The maximum Gasteiger partial charge on any atom is 0.256 e. The zero-order valence-corrected chi connectivity index (χ0v) is 8.18. The van der Waals surface area contributed by atoms with E-state index in [-0.39, 0.29) is 10.3 Å². The van der Waals surface area contributed by atoms with Crippen LogP contribution in [0.25, 0.3) is 0 Å². The van der Waals surface area contributed by atoms with Crippen molar-refractivity contribution in [2.24, 2.45) is 0 Å². The Morgan fingerprint density at radius 1 is 1.50 bits per heavy atom. The van der Waals surface area contributed by atoms with E-state index in [0.717, 1.165) is 6.42 Å². The number of H-pyrrole nitrogens is 2. The van der Waals surface area contributed by atoms with Crippen LogP contribution in [0.5, 0.6) is 0 Å². The molecule has 12 heavy (non-hydrogen) atoms. The summed E-state index contributed by atoms with van der Waals surface area (Å²) in [7, 11) is 0. The molecule has 0 aliphatic heterocycles. The van der Waals surface area contributed by atoms with Crippen LogP contribution >= 0.6 is 23.8 Å². The molecule has 0 fully saturated rings. The molecular formula is C7H9ClN2OS. The van der Waals surface area contributed by atoms with E-state index >= 15 is 0 Å². The molecular weight excluding hydrogens is 196 g/mol. The predicted octanol–water partition coefficient (Wildman–Crippen LogP) is 2.04. The zero-order valence-electron chi connectivity index (χ0n) is 6.61. The van der Waals surface area contributed by atoms with Gasteiger partial charge in [-0.3, -0.25) is 9.78 Å². The Kier molecular flexibility index (Phi) is 3.05. The highest BCUT2D eigenvalue weighted by atomic mass is 35.5. The van der Waals surface area contributed by atoms with Crippen molar-refractivity contribution in [3.8, 4) is 0 Å². The van der Waals surface area contributed by atoms with Gasteiger partial charge >= 0.3 is 0 Å². The standard InChI is InChI=1S/C7H9ClN2OS/c1-2-3-4-5(8)9-7(12)10-6(4)11/h2-3H2,1H3,(H2,9,10,11,12). The first-order valence-electron chi connectivity index (χ1n) is 3.66. The topological polar surface area (TPSA) is 48.6 Å². The number of aromatic nitrogens is 2. The summed E-state index contributed by atoms with van der Waals surface area (Å²) in [5, 5.41) is 0.352. The monoisotopic (exact) mass is 204 g/mol. The third-order valence-corrected chi connectivity index (χ3v) is 2.02. The smallest absolute Gasteiger partial charge is 0.256 e. The Morgan fingerprint density at radius 2 is 2.17 bits per heavy atom.